The van der Waals surface area contributed by atoms with Gasteiger partial charge in [-0.2, -0.15) is 0 Å². The van der Waals surface area contributed by atoms with Crippen LogP contribution in [0.15, 0.2) is 24.3 Å². The number of aromatic carboxylic acids is 1. The Morgan fingerprint density at radius 3 is 2.50 bits per heavy atom. The molecule has 36 heavy (non-hydrogen) atoms. The van der Waals surface area contributed by atoms with E-state index in [1.807, 2.05) is 38.5 Å². The second kappa shape index (κ2) is 8.85. The zero-order valence-electron chi connectivity index (χ0n) is 20.7. The van der Waals surface area contributed by atoms with Gasteiger partial charge in [0.25, 0.3) is 0 Å². The maximum absolute atomic E-state index is 12.3. The standard InChI is InChI=1S/C26H29Cl2N5O3/c1-26(2,3)24(36)29-10-13-5-6-17(27)22(21(13)28)31-25-30-18-8-16(23(34)35)19(9-20(18)32(25)4)33-11-14-7-15(14)12-33/h5-6,8-9,14-15H,7,10-12H2,1-4H3,(H,29,36)(H,30,31)(H,34,35). The molecule has 1 saturated heterocycles. The summed E-state index contributed by atoms with van der Waals surface area (Å²) in [6, 6.07) is 7.03. The number of aromatic nitrogens is 2. The molecule has 2 heterocycles. The highest BCUT2D eigenvalue weighted by Crippen LogP contribution is 2.47. The van der Waals surface area contributed by atoms with Crippen molar-refractivity contribution in [2.75, 3.05) is 23.3 Å². The summed E-state index contributed by atoms with van der Waals surface area (Å²) in [5.74, 6) is 0.775. The Morgan fingerprint density at radius 2 is 1.86 bits per heavy atom. The van der Waals surface area contributed by atoms with Crippen molar-refractivity contribution in [1.29, 1.82) is 0 Å². The van der Waals surface area contributed by atoms with E-state index < -0.39 is 11.4 Å². The Hall–Kier alpha value is -2.97. The number of aryl methyl sites for hydroxylation is 1. The number of amides is 1. The Balaban J connectivity index is 1.46. The summed E-state index contributed by atoms with van der Waals surface area (Å²) in [4.78, 5) is 31.2. The first kappa shape index (κ1) is 24.7. The Kier molecular flexibility index (Phi) is 6.08. The number of nitrogens with zero attached hydrogens (tertiary/aromatic N) is 3. The number of carbonyl (C=O) groups is 2. The van der Waals surface area contributed by atoms with Crippen LogP contribution in [0.2, 0.25) is 10.0 Å². The highest BCUT2D eigenvalue weighted by Gasteiger charge is 2.45. The molecule has 2 unspecified atom stereocenters. The van der Waals surface area contributed by atoms with E-state index in [1.54, 1.807) is 18.2 Å². The van der Waals surface area contributed by atoms with Crippen molar-refractivity contribution in [2.24, 2.45) is 24.3 Å². The van der Waals surface area contributed by atoms with Gasteiger partial charge in [-0.1, -0.05) is 50.0 Å². The first-order chi connectivity index (χ1) is 16.9. The first-order valence-electron chi connectivity index (χ1n) is 11.9. The lowest BCUT2D eigenvalue weighted by molar-refractivity contribution is -0.128. The van der Waals surface area contributed by atoms with Crippen LogP contribution in [0, 0.1) is 17.3 Å². The Bertz CT molecular complexity index is 1380. The van der Waals surface area contributed by atoms with E-state index in [2.05, 4.69) is 20.5 Å². The number of hydrogen-bond donors (Lipinski definition) is 3. The summed E-state index contributed by atoms with van der Waals surface area (Å²) in [5, 5.41) is 16.8. The predicted octanol–water partition coefficient (Wildman–Crippen LogP) is 5.44. The maximum Gasteiger partial charge on any atom is 0.337 e. The smallest absolute Gasteiger partial charge is 0.337 e. The van der Waals surface area contributed by atoms with Crippen LogP contribution in [0.25, 0.3) is 11.0 Å². The van der Waals surface area contributed by atoms with E-state index in [-0.39, 0.29) is 18.0 Å². The monoisotopic (exact) mass is 529 g/mol. The number of benzene rings is 2. The largest absolute Gasteiger partial charge is 0.478 e. The molecule has 10 heteroatoms. The van der Waals surface area contributed by atoms with E-state index >= 15 is 0 Å². The molecule has 1 aromatic heterocycles. The molecule has 3 aromatic rings. The van der Waals surface area contributed by atoms with Gasteiger partial charge in [0.1, 0.15) is 0 Å². The van der Waals surface area contributed by atoms with Crippen LogP contribution in [0.5, 0.6) is 0 Å². The van der Waals surface area contributed by atoms with Gasteiger partial charge in [0.05, 0.1) is 38.0 Å². The third kappa shape index (κ3) is 4.48. The normalized spacial score (nSPS) is 18.9. The molecular formula is C26H29Cl2N5O3. The van der Waals surface area contributed by atoms with Gasteiger partial charge in [-0.15, -0.1) is 0 Å². The summed E-state index contributed by atoms with van der Waals surface area (Å²) < 4.78 is 1.86. The van der Waals surface area contributed by atoms with Crippen molar-refractivity contribution in [3.63, 3.8) is 0 Å². The Labute approximate surface area is 219 Å². The van der Waals surface area contributed by atoms with Gasteiger partial charge in [-0.05, 0) is 42.0 Å². The lowest BCUT2D eigenvalue weighted by Gasteiger charge is -2.22. The molecule has 2 fully saturated rings. The van der Waals surface area contributed by atoms with Crippen molar-refractivity contribution in [3.8, 4) is 0 Å². The van der Waals surface area contributed by atoms with E-state index in [4.69, 9.17) is 23.2 Å². The molecular weight excluding hydrogens is 501 g/mol. The molecule has 1 amide bonds. The number of nitrogens with one attached hydrogen (secondary N) is 2. The van der Waals surface area contributed by atoms with Crippen LogP contribution in [-0.2, 0) is 18.4 Å². The molecule has 1 aliphatic heterocycles. The van der Waals surface area contributed by atoms with E-state index in [1.165, 1.54) is 6.42 Å². The number of hydrogen-bond acceptors (Lipinski definition) is 5. The summed E-state index contributed by atoms with van der Waals surface area (Å²) in [6.45, 7) is 7.58. The molecule has 0 spiro atoms. The van der Waals surface area contributed by atoms with Crippen LogP contribution in [0.3, 0.4) is 0 Å². The molecule has 0 radical (unpaired) electrons. The molecule has 0 bridgehead atoms. The molecule has 2 aliphatic rings. The number of anilines is 3. The van der Waals surface area contributed by atoms with Gasteiger partial charge in [0.15, 0.2) is 0 Å². The Morgan fingerprint density at radius 1 is 1.17 bits per heavy atom. The van der Waals surface area contributed by atoms with Crippen LogP contribution < -0.4 is 15.5 Å². The first-order valence-corrected chi connectivity index (χ1v) is 12.7. The summed E-state index contributed by atoms with van der Waals surface area (Å²) in [7, 11) is 1.86. The lowest BCUT2D eigenvalue weighted by Crippen LogP contribution is -2.34. The lowest BCUT2D eigenvalue weighted by atomic mass is 9.95. The van der Waals surface area contributed by atoms with Gasteiger partial charge >= 0.3 is 5.97 Å². The van der Waals surface area contributed by atoms with E-state index in [9.17, 15) is 14.7 Å². The van der Waals surface area contributed by atoms with Crippen molar-refractivity contribution in [1.82, 2.24) is 14.9 Å². The number of imidazole rings is 1. The molecule has 2 aromatic carbocycles. The average Bonchev–Trinajstić information content (AvgIpc) is 3.30. The van der Waals surface area contributed by atoms with Gasteiger partial charge in [0, 0.05) is 32.1 Å². The minimum atomic E-state index is -0.969. The molecule has 1 saturated carbocycles. The molecule has 1 aliphatic carbocycles. The molecule has 190 valence electrons. The fraction of sp³-hybridized carbons (Fsp3) is 0.423. The van der Waals surface area contributed by atoms with Gasteiger partial charge in [-0.3, -0.25) is 4.79 Å². The van der Waals surface area contributed by atoms with Gasteiger partial charge in [0.2, 0.25) is 11.9 Å². The number of rotatable bonds is 6. The number of carboxylic acid groups (broad SMARTS) is 1. The quantitative estimate of drug-likeness (QED) is 0.393. The summed E-state index contributed by atoms with van der Waals surface area (Å²) in [5.41, 5.74) is 3.01. The van der Waals surface area contributed by atoms with Crippen LogP contribution in [-0.4, -0.2) is 39.6 Å². The third-order valence-electron chi connectivity index (χ3n) is 7.08. The topological polar surface area (TPSA) is 99.5 Å². The third-order valence-corrected chi connectivity index (χ3v) is 7.82. The number of halogens is 2. The van der Waals surface area contributed by atoms with E-state index in [0.717, 1.165) is 24.3 Å². The van der Waals surface area contributed by atoms with Crippen LogP contribution in [0.4, 0.5) is 17.3 Å². The molecule has 8 nitrogen and oxygen atoms in total. The van der Waals surface area contributed by atoms with E-state index in [0.29, 0.717) is 44.6 Å². The summed E-state index contributed by atoms with van der Waals surface area (Å²) >= 11 is 13.2. The minimum absolute atomic E-state index is 0.0845. The number of carboxylic acids is 1. The second-order valence-corrected chi connectivity index (χ2v) is 11.6. The zero-order valence-corrected chi connectivity index (χ0v) is 22.2. The fourth-order valence-electron chi connectivity index (χ4n) is 4.77. The SMILES string of the molecule is Cn1c(Nc2c(Cl)ccc(CNC(=O)C(C)(C)C)c2Cl)nc2cc(C(=O)O)c(N3CC4CC4C3)cc21. The van der Waals surface area contributed by atoms with Crippen LogP contribution in [0.1, 0.15) is 43.1 Å². The van der Waals surface area contributed by atoms with Gasteiger partial charge in [-0.25, -0.2) is 9.78 Å². The second-order valence-electron chi connectivity index (χ2n) is 10.8. The molecule has 5 rings (SSSR count). The molecule has 3 N–H and O–H groups in total. The fourth-order valence-corrected chi connectivity index (χ4v) is 5.30. The van der Waals surface area contributed by atoms with Gasteiger partial charge < -0.3 is 25.2 Å². The van der Waals surface area contributed by atoms with Crippen molar-refractivity contribution in [2.45, 2.75) is 33.7 Å². The number of piperidine rings is 1. The average molecular weight is 530 g/mol. The maximum atomic E-state index is 12.3. The minimum Gasteiger partial charge on any atom is -0.478 e. The highest BCUT2D eigenvalue weighted by molar-refractivity contribution is 6.39. The predicted molar refractivity (Wildman–Crippen MR) is 143 cm³/mol. The number of fused-ring (bicyclic) bond motifs is 2. The highest BCUT2D eigenvalue weighted by atomic mass is 35.5. The van der Waals surface area contributed by atoms with Crippen molar-refractivity contribution < 1.29 is 14.7 Å². The van der Waals surface area contributed by atoms with Crippen LogP contribution >= 0.6 is 23.2 Å². The zero-order chi connectivity index (χ0) is 25.9. The number of carbonyl (C=O) groups excluding carboxylic acids is 1. The van der Waals surface area contributed by atoms with Crippen molar-refractivity contribution >= 4 is 63.4 Å². The molecule has 2 atom stereocenters. The van der Waals surface area contributed by atoms with Crippen molar-refractivity contribution in [3.05, 3.63) is 45.4 Å². The summed E-state index contributed by atoms with van der Waals surface area (Å²) in [6.07, 6.45) is 1.24.